The third-order valence-corrected chi connectivity index (χ3v) is 1.99. The fourth-order valence-corrected chi connectivity index (χ4v) is 1.44. The Morgan fingerprint density at radius 2 is 2.25 bits per heavy atom. The molecular weight excluding hydrogens is 195 g/mol. The molecule has 0 spiro atoms. The van der Waals surface area contributed by atoms with Crippen molar-refractivity contribution in [2.45, 2.75) is 13.3 Å². The van der Waals surface area contributed by atoms with Gasteiger partial charge in [0.2, 0.25) is 0 Å². The van der Waals surface area contributed by atoms with Gasteiger partial charge in [-0.2, -0.15) is 5.26 Å². The molecule has 0 bridgehead atoms. The van der Waals surface area contributed by atoms with Gasteiger partial charge in [0.25, 0.3) is 0 Å². The Labute approximate surface area is 80.7 Å². The number of hydrogen-bond acceptors (Lipinski definition) is 2. The highest BCUT2D eigenvalue weighted by atomic mass is 35.5. The van der Waals surface area contributed by atoms with Crippen molar-refractivity contribution in [1.82, 2.24) is 4.98 Å². The maximum absolute atomic E-state index is 8.70. The quantitative estimate of drug-likeness (QED) is 0.655. The topological polar surface area (TPSA) is 36.7 Å². The molecule has 0 aliphatic rings. The first-order valence-electron chi connectivity index (χ1n) is 3.44. The van der Waals surface area contributed by atoms with Crippen LogP contribution in [0.4, 0.5) is 0 Å². The first-order valence-corrected chi connectivity index (χ1v) is 4.19. The predicted octanol–water partition coefficient (Wildman–Crippen LogP) is 2.82. The van der Waals surface area contributed by atoms with Crippen molar-refractivity contribution >= 4 is 23.2 Å². The van der Waals surface area contributed by atoms with Crippen LogP contribution in [0.3, 0.4) is 0 Å². The summed E-state index contributed by atoms with van der Waals surface area (Å²) in [5, 5.41) is 9.22. The van der Waals surface area contributed by atoms with Gasteiger partial charge in [0, 0.05) is 0 Å². The van der Waals surface area contributed by atoms with Crippen molar-refractivity contribution in [3.05, 3.63) is 27.5 Å². The molecule has 0 unspecified atom stereocenters. The van der Waals surface area contributed by atoms with Crippen molar-refractivity contribution in [3.63, 3.8) is 0 Å². The van der Waals surface area contributed by atoms with Crippen molar-refractivity contribution in [1.29, 1.82) is 5.26 Å². The Morgan fingerprint density at radius 1 is 1.58 bits per heavy atom. The number of halogens is 2. The van der Waals surface area contributed by atoms with Gasteiger partial charge in [0.15, 0.2) is 0 Å². The minimum absolute atomic E-state index is 0.182. The highest BCUT2D eigenvalue weighted by Crippen LogP contribution is 2.21. The highest BCUT2D eigenvalue weighted by Gasteiger charge is 2.07. The molecule has 0 radical (unpaired) electrons. The minimum atomic E-state index is 0.182. The van der Waals surface area contributed by atoms with Crippen molar-refractivity contribution in [3.8, 4) is 6.07 Å². The largest absolute Gasteiger partial charge is 0.223 e. The lowest BCUT2D eigenvalue weighted by Crippen LogP contribution is -1.91. The minimum Gasteiger partial charge on any atom is -0.223 e. The van der Waals surface area contributed by atoms with Gasteiger partial charge in [0.1, 0.15) is 16.4 Å². The monoisotopic (exact) mass is 200 g/mol. The highest BCUT2D eigenvalue weighted by molar-refractivity contribution is 6.33. The molecule has 0 amide bonds. The molecule has 0 aliphatic carbocycles. The zero-order chi connectivity index (χ0) is 9.14. The number of aromatic nitrogens is 1. The van der Waals surface area contributed by atoms with Crippen LogP contribution in [0.5, 0.6) is 0 Å². The second-order valence-corrected chi connectivity index (χ2v) is 2.98. The predicted molar refractivity (Wildman–Crippen MR) is 48.4 cm³/mol. The van der Waals surface area contributed by atoms with Crippen LogP contribution in [0.15, 0.2) is 6.07 Å². The van der Waals surface area contributed by atoms with Crippen molar-refractivity contribution < 1.29 is 0 Å². The van der Waals surface area contributed by atoms with Gasteiger partial charge in [-0.25, -0.2) is 4.98 Å². The van der Waals surface area contributed by atoms with Crippen LogP contribution in [0.25, 0.3) is 0 Å². The second-order valence-electron chi connectivity index (χ2n) is 2.24. The lowest BCUT2D eigenvalue weighted by atomic mass is 10.1. The van der Waals surface area contributed by atoms with E-state index in [-0.39, 0.29) is 5.15 Å². The molecule has 0 aromatic carbocycles. The van der Waals surface area contributed by atoms with E-state index in [0.717, 1.165) is 12.0 Å². The number of pyridine rings is 1. The van der Waals surface area contributed by atoms with Gasteiger partial charge < -0.3 is 0 Å². The lowest BCUT2D eigenvalue weighted by Gasteiger charge is -2.01. The third kappa shape index (κ3) is 1.69. The van der Waals surface area contributed by atoms with Gasteiger partial charge in [0.05, 0.1) is 5.56 Å². The maximum Gasteiger partial charge on any atom is 0.148 e. The standard InChI is InChI=1S/C8H6Cl2N2/c1-2-5-3-7(9)12-8(10)6(5)4-11/h3H,2H2,1H3. The number of nitrogens with zero attached hydrogens (tertiary/aromatic N) is 2. The molecule has 2 nitrogen and oxygen atoms in total. The lowest BCUT2D eigenvalue weighted by molar-refractivity contribution is 1.10. The van der Waals surface area contributed by atoms with Gasteiger partial charge in [-0.3, -0.25) is 0 Å². The molecular formula is C8H6Cl2N2. The molecule has 0 aliphatic heterocycles. The summed E-state index contributed by atoms with van der Waals surface area (Å²) in [5.74, 6) is 0. The number of aryl methyl sites for hydroxylation is 1. The zero-order valence-corrected chi connectivity index (χ0v) is 7.95. The van der Waals surface area contributed by atoms with Gasteiger partial charge in [-0.05, 0) is 18.1 Å². The van der Waals surface area contributed by atoms with E-state index < -0.39 is 0 Å². The Hall–Kier alpha value is -0.780. The molecule has 0 N–H and O–H groups in total. The Morgan fingerprint density at radius 3 is 2.75 bits per heavy atom. The van der Waals surface area contributed by atoms with Crippen LogP contribution in [0.1, 0.15) is 18.1 Å². The first-order chi connectivity index (χ1) is 5.69. The summed E-state index contributed by atoms with van der Waals surface area (Å²) >= 11 is 11.3. The van der Waals surface area contributed by atoms with Crippen LogP contribution >= 0.6 is 23.2 Å². The van der Waals surface area contributed by atoms with Gasteiger partial charge in [-0.15, -0.1) is 0 Å². The maximum atomic E-state index is 8.70. The second kappa shape index (κ2) is 3.75. The Bertz CT molecular complexity index is 342. The number of hydrogen-bond donors (Lipinski definition) is 0. The first kappa shape index (κ1) is 9.31. The molecule has 1 aromatic rings. The van der Waals surface area contributed by atoms with Crippen molar-refractivity contribution in [2.75, 3.05) is 0 Å². The molecule has 62 valence electrons. The summed E-state index contributed by atoms with van der Waals surface area (Å²) in [6, 6.07) is 3.65. The average molecular weight is 201 g/mol. The van der Waals surface area contributed by atoms with Gasteiger partial charge in [-0.1, -0.05) is 30.1 Å². The van der Waals surface area contributed by atoms with Crippen LogP contribution < -0.4 is 0 Å². The van der Waals surface area contributed by atoms with E-state index in [4.69, 9.17) is 28.5 Å². The van der Waals surface area contributed by atoms with Crippen molar-refractivity contribution in [2.24, 2.45) is 0 Å². The molecule has 0 saturated carbocycles. The molecule has 1 aromatic heterocycles. The SMILES string of the molecule is CCc1cc(Cl)nc(Cl)c1C#N. The average Bonchev–Trinajstić information content (AvgIpc) is 2.03. The van der Waals surface area contributed by atoms with Gasteiger partial charge >= 0.3 is 0 Å². The zero-order valence-electron chi connectivity index (χ0n) is 6.43. The van der Waals surface area contributed by atoms with E-state index in [0.29, 0.717) is 10.7 Å². The fraction of sp³-hybridized carbons (Fsp3) is 0.250. The van der Waals surface area contributed by atoms with Crippen LogP contribution in [0.2, 0.25) is 10.3 Å². The molecule has 1 heterocycles. The molecule has 0 atom stereocenters. The summed E-state index contributed by atoms with van der Waals surface area (Å²) < 4.78 is 0. The smallest absolute Gasteiger partial charge is 0.148 e. The molecule has 12 heavy (non-hydrogen) atoms. The van der Waals surface area contributed by atoms with Crippen LogP contribution in [-0.4, -0.2) is 4.98 Å². The summed E-state index contributed by atoms with van der Waals surface area (Å²) in [7, 11) is 0. The summed E-state index contributed by atoms with van der Waals surface area (Å²) in [6.07, 6.45) is 0.727. The third-order valence-electron chi connectivity index (χ3n) is 1.52. The number of nitriles is 1. The van der Waals surface area contributed by atoms with E-state index in [9.17, 15) is 0 Å². The van der Waals surface area contributed by atoms with E-state index >= 15 is 0 Å². The van der Waals surface area contributed by atoms with Crippen LogP contribution in [0, 0.1) is 11.3 Å². The van der Waals surface area contributed by atoms with E-state index in [1.807, 2.05) is 13.0 Å². The Balaban J connectivity index is 3.36. The van der Waals surface area contributed by atoms with E-state index in [1.54, 1.807) is 6.07 Å². The summed E-state index contributed by atoms with van der Waals surface area (Å²) in [6.45, 7) is 1.93. The summed E-state index contributed by atoms with van der Waals surface area (Å²) in [4.78, 5) is 3.76. The van der Waals surface area contributed by atoms with E-state index in [2.05, 4.69) is 4.98 Å². The molecule has 1 rings (SSSR count). The fourth-order valence-electron chi connectivity index (χ4n) is 0.927. The summed E-state index contributed by atoms with van der Waals surface area (Å²) in [5.41, 5.74) is 1.26. The number of rotatable bonds is 1. The van der Waals surface area contributed by atoms with E-state index in [1.165, 1.54) is 0 Å². The molecule has 0 saturated heterocycles. The molecule has 0 fully saturated rings. The molecule has 4 heteroatoms. The normalized spacial score (nSPS) is 9.50. The van der Waals surface area contributed by atoms with Crippen LogP contribution in [-0.2, 0) is 6.42 Å². The Kier molecular flexibility index (Phi) is 2.91.